The third-order valence-corrected chi connectivity index (χ3v) is 2.84. The molecule has 0 aromatic carbocycles. The Kier molecular flexibility index (Phi) is 3.26. The molecule has 0 aliphatic carbocycles. The summed E-state index contributed by atoms with van der Waals surface area (Å²) in [5, 5.41) is 0. The van der Waals surface area contributed by atoms with Gasteiger partial charge in [0.1, 0.15) is 0 Å². The summed E-state index contributed by atoms with van der Waals surface area (Å²) in [6, 6.07) is 0. The van der Waals surface area contributed by atoms with Gasteiger partial charge >= 0.3 is 0 Å². The fraction of sp³-hybridized carbons (Fsp3) is 1.00. The summed E-state index contributed by atoms with van der Waals surface area (Å²) in [6.45, 7) is 5.01. The van der Waals surface area contributed by atoms with Crippen molar-refractivity contribution in [3.8, 4) is 0 Å². The predicted octanol–water partition coefficient (Wildman–Crippen LogP) is 1.41. The minimum atomic E-state index is -1.71. The molecule has 0 amide bonds. The zero-order valence-corrected chi connectivity index (χ0v) is 8.39. The summed E-state index contributed by atoms with van der Waals surface area (Å²) in [4.78, 5) is 0. The highest BCUT2D eigenvalue weighted by atomic mass is 32.2. The fourth-order valence-electron chi connectivity index (χ4n) is 1.34. The molecule has 0 bridgehead atoms. The van der Waals surface area contributed by atoms with E-state index in [1.165, 1.54) is 0 Å². The van der Waals surface area contributed by atoms with Crippen molar-refractivity contribution < 1.29 is 13.5 Å². The normalized spacial score (nSPS) is 31.4. The summed E-state index contributed by atoms with van der Waals surface area (Å²) in [6.07, 6.45) is 1.97. The van der Waals surface area contributed by atoms with Crippen LogP contribution in [0.2, 0.25) is 0 Å². The summed E-state index contributed by atoms with van der Waals surface area (Å²) in [5.74, 6) is 0.260. The molecule has 2 unspecified atom stereocenters. The molecule has 3 nitrogen and oxygen atoms in total. The molecule has 1 fully saturated rings. The average Bonchev–Trinajstić information content (AvgIpc) is 1.93. The third-order valence-electron chi connectivity index (χ3n) is 2.18. The van der Waals surface area contributed by atoms with Crippen LogP contribution in [-0.4, -0.2) is 27.2 Å². The number of ether oxygens (including phenoxy) is 1. The molecular formula is C8H16O3S. The Morgan fingerprint density at radius 1 is 1.67 bits per heavy atom. The van der Waals surface area contributed by atoms with Gasteiger partial charge in [0, 0.05) is 0 Å². The highest BCUT2D eigenvalue weighted by Gasteiger charge is 2.28. The highest BCUT2D eigenvalue weighted by Crippen LogP contribution is 2.29. The maximum absolute atomic E-state index is 10.5. The Bertz CT molecular complexity index is 169. The number of hydrogen-bond acceptors (Lipinski definition) is 2. The van der Waals surface area contributed by atoms with E-state index in [4.69, 9.17) is 9.29 Å². The van der Waals surface area contributed by atoms with Crippen molar-refractivity contribution in [2.75, 3.05) is 12.4 Å². The van der Waals surface area contributed by atoms with E-state index in [-0.39, 0.29) is 17.3 Å². The summed E-state index contributed by atoms with van der Waals surface area (Å²) in [5.41, 5.74) is 0.243. The van der Waals surface area contributed by atoms with Gasteiger partial charge < -0.3 is 9.29 Å². The molecule has 1 N–H and O–H groups in total. The van der Waals surface area contributed by atoms with Crippen molar-refractivity contribution in [3.63, 3.8) is 0 Å². The standard InChI is InChI=1S/C8H16O3S/c1-8(2)4-3-7(11-6-8)5-12(9)10/h7H,3-6H2,1-2H3,(H,9,10). The van der Waals surface area contributed by atoms with E-state index in [0.717, 1.165) is 12.8 Å². The Morgan fingerprint density at radius 3 is 2.75 bits per heavy atom. The topological polar surface area (TPSA) is 46.5 Å². The zero-order valence-electron chi connectivity index (χ0n) is 7.58. The van der Waals surface area contributed by atoms with Crippen LogP contribution in [0.25, 0.3) is 0 Å². The Morgan fingerprint density at radius 2 is 2.33 bits per heavy atom. The quantitative estimate of drug-likeness (QED) is 0.673. The number of rotatable bonds is 2. The lowest BCUT2D eigenvalue weighted by Crippen LogP contribution is -2.34. The van der Waals surface area contributed by atoms with Crippen molar-refractivity contribution in [1.82, 2.24) is 0 Å². The van der Waals surface area contributed by atoms with Gasteiger partial charge in [0.2, 0.25) is 0 Å². The van der Waals surface area contributed by atoms with E-state index >= 15 is 0 Å². The molecule has 0 aromatic heterocycles. The third kappa shape index (κ3) is 3.21. The summed E-state index contributed by atoms with van der Waals surface area (Å²) in [7, 11) is 0. The van der Waals surface area contributed by atoms with Crippen molar-refractivity contribution >= 4 is 11.1 Å². The second kappa shape index (κ2) is 3.85. The van der Waals surface area contributed by atoms with Gasteiger partial charge in [-0.05, 0) is 18.3 Å². The van der Waals surface area contributed by atoms with Gasteiger partial charge in [-0.25, -0.2) is 4.21 Å². The smallest absolute Gasteiger partial charge is 0.155 e. The van der Waals surface area contributed by atoms with Gasteiger partial charge in [0.15, 0.2) is 11.1 Å². The monoisotopic (exact) mass is 192 g/mol. The molecule has 1 heterocycles. The molecule has 0 spiro atoms. The first kappa shape index (κ1) is 10.2. The molecule has 12 heavy (non-hydrogen) atoms. The molecule has 1 rings (SSSR count). The van der Waals surface area contributed by atoms with E-state index in [9.17, 15) is 4.21 Å². The summed E-state index contributed by atoms with van der Waals surface area (Å²) < 4.78 is 24.5. The lowest BCUT2D eigenvalue weighted by molar-refractivity contribution is -0.0371. The van der Waals surface area contributed by atoms with Gasteiger partial charge in [0.25, 0.3) is 0 Å². The molecule has 1 aliphatic heterocycles. The van der Waals surface area contributed by atoms with Gasteiger partial charge in [0.05, 0.1) is 18.5 Å². The molecule has 0 saturated carbocycles. The van der Waals surface area contributed by atoms with Crippen LogP contribution in [0, 0.1) is 5.41 Å². The van der Waals surface area contributed by atoms with Crippen LogP contribution in [-0.2, 0) is 15.8 Å². The Balaban J connectivity index is 2.31. The molecule has 72 valence electrons. The Hall–Kier alpha value is 0.0700. The SMILES string of the molecule is CC1(C)CCC(CS(=O)O)OC1. The molecular weight excluding hydrogens is 176 g/mol. The fourth-order valence-corrected chi connectivity index (χ4v) is 1.92. The highest BCUT2D eigenvalue weighted by molar-refractivity contribution is 7.79. The first-order valence-electron chi connectivity index (χ1n) is 4.19. The minimum Gasteiger partial charge on any atom is -0.377 e. The molecule has 1 aliphatic rings. The van der Waals surface area contributed by atoms with Gasteiger partial charge in [-0.1, -0.05) is 13.8 Å². The van der Waals surface area contributed by atoms with E-state index in [1.807, 2.05) is 0 Å². The zero-order chi connectivity index (χ0) is 9.19. The van der Waals surface area contributed by atoms with E-state index in [2.05, 4.69) is 13.8 Å². The van der Waals surface area contributed by atoms with Crippen molar-refractivity contribution in [2.24, 2.45) is 5.41 Å². The van der Waals surface area contributed by atoms with Crippen LogP contribution in [0.4, 0.5) is 0 Å². The molecule has 0 radical (unpaired) electrons. The molecule has 2 atom stereocenters. The lowest BCUT2D eigenvalue weighted by Gasteiger charge is -2.33. The summed E-state index contributed by atoms with van der Waals surface area (Å²) >= 11 is -1.71. The molecule has 0 aromatic rings. The molecule has 4 heteroatoms. The van der Waals surface area contributed by atoms with Crippen molar-refractivity contribution in [2.45, 2.75) is 32.8 Å². The molecule has 1 saturated heterocycles. The van der Waals surface area contributed by atoms with Crippen molar-refractivity contribution in [1.29, 1.82) is 0 Å². The maximum Gasteiger partial charge on any atom is 0.155 e. The second-order valence-electron chi connectivity index (χ2n) is 4.12. The van der Waals surface area contributed by atoms with E-state index in [1.54, 1.807) is 0 Å². The van der Waals surface area contributed by atoms with Crippen LogP contribution in [0.3, 0.4) is 0 Å². The predicted molar refractivity (Wildman–Crippen MR) is 48.4 cm³/mol. The first-order chi connectivity index (χ1) is 5.49. The van der Waals surface area contributed by atoms with Crippen molar-refractivity contribution in [3.05, 3.63) is 0 Å². The van der Waals surface area contributed by atoms with Gasteiger partial charge in [-0.3, -0.25) is 0 Å². The maximum atomic E-state index is 10.5. The van der Waals surface area contributed by atoms with E-state index < -0.39 is 11.1 Å². The van der Waals surface area contributed by atoms with Crippen LogP contribution < -0.4 is 0 Å². The van der Waals surface area contributed by atoms with Crippen LogP contribution in [0.5, 0.6) is 0 Å². The Labute approximate surface area is 75.8 Å². The average molecular weight is 192 g/mol. The largest absolute Gasteiger partial charge is 0.377 e. The lowest BCUT2D eigenvalue weighted by atomic mass is 9.86. The van der Waals surface area contributed by atoms with E-state index in [0.29, 0.717) is 6.61 Å². The minimum absolute atomic E-state index is 0.0103. The van der Waals surface area contributed by atoms with Crippen LogP contribution >= 0.6 is 0 Å². The first-order valence-corrected chi connectivity index (χ1v) is 5.46. The van der Waals surface area contributed by atoms with Crippen LogP contribution in [0.1, 0.15) is 26.7 Å². The number of hydrogen-bond donors (Lipinski definition) is 1. The van der Waals surface area contributed by atoms with Gasteiger partial charge in [-0.15, -0.1) is 0 Å². The van der Waals surface area contributed by atoms with Crippen LogP contribution in [0.15, 0.2) is 0 Å². The second-order valence-corrected chi connectivity index (χ2v) is 5.10. The van der Waals surface area contributed by atoms with Gasteiger partial charge in [-0.2, -0.15) is 0 Å².